The highest BCUT2D eigenvalue weighted by atomic mass is 35.5. The zero-order chi connectivity index (χ0) is 13.5. The Kier molecular flexibility index (Phi) is 3.18. The fraction of sp³-hybridized carbons (Fsp3) is 0.182. The second-order valence-electron chi connectivity index (χ2n) is 3.71. The van der Waals surface area contributed by atoms with Gasteiger partial charge in [0.1, 0.15) is 6.04 Å². The molecule has 1 aromatic carbocycles. The molecule has 0 saturated heterocycles. The smallest absolute Gasteiger partial charge is 0.328 e. The van der Waals surface area contributed by atoms with Crippen molar-refractivity contribution in [1.82, 2.24) is 0 Å². The number of nitrogens with two attached hydrogens (primary N) is 1. The van der Waals surface area contributed by atoms with E-state index in [-0.39, 0.29) is 14.8 Å². The standard InChI is InChI=1S/C11H10ClNO4S/c1-17-11(14)9(13)8-5-6-3-2-4-7(12)10(6)18(8,15)16/h2-5,9H,13H2,1H3. The summed E-state index contributed by atoms with van der Waals surface area (Å²) in [7, 11) is -2.68. The number of methoxy groups -OCH3 is 1. The van der Waals surface area contributed by atoms with Gasteiger partial charge in [0.15, 0.2) is 0 Å². The first-order valence-corrected chi connectivity index (χ1v) is 6.84. The van der Waals surface area contributed by atoms with Crippen LogP contribution in [0.5, 0.6) is 0 Å². The number of benzene rings is 1. The van der Waals surface area contributed by atoms with Crippen molar-refractivity contribution in [2.45, 2.75) is 10.9 Å². The average Bonchev–Trinajstić information content (AvgIpc) is 2.60. The number of fused-ring (bicyclic) bond motifs is 1. The predicted molar refractivity (Wildman–Crippen MR) is 66.6 cm³/mol. The molecule has 0 bridgehead atoms. The Balaban J connectivity index is 2.58. The van der Waals surface area contributed by atoms with Crippen LogP contribution in [0, 0.1) is 0 Å². The van der Waals surface area contributed by atoms with Crippen molar-refractivity contribution < 1.29 is 17.9 Å². The molecule has 7 heteroatoms. The van der Waals surface area contributed by atoms with Gasteiger partial charge in [-0.1, -0.05) is 23.7 Å². The minimum Gasteiger partial charge on any atom is -0.468 e. The number of carbonyl (C=O) groups is 1. The number of sulfone groups is 1. The van der Waals surface area contributed by atoms with Gasteiger partial charge in [-0.3, -0.25) is 0 Å². The molecule has 1 aromatic rings. The lowest BCUT2D eigenvalue weighted by Crippen LogP contribution is -2.35. The Morgan fingerprint density at radius 3 is 2.67 bits per heavy atom. The summed E-state index contributed by atoms with van der Waals surface area (Å²) < 4.78 is 28.9. The van der Waals surface area contributed by atoms with Gasteiger partial charge in [0.2, 0.25) is 9.84 Å². The first-order valence-electron chi connectivity index (χ1n) is 4.98. The van der Waals surface area contributed by atoms with Crippen LogP contribution < -0.4 is 5.73 Å². The number of hydrogen-bond acceptors (Lipinski definition) is 5. The third kappa shape index (κ3) is 1.82. The van der Waals surface area contributed by atoms with Crippen molar-refractivity contribution in [3.8, 4) is 0 Å². The highest BCUT2D eigenvalue weighted by Gasteiger charge is 2.38. The van der Waals surface area contributed by atoms with Crippen LogP contribution in [-0.4, -0.2) is 27.5 Å². The lowest BCUT2D eigenvalue weighted by molar-refractivity contribution is -0.141. The van der Waals surface area contributed by atoms with E-state index < -0.39 is 21.8 Å². The van der Waals surface area contributed by atoms with Crippen LogP contribution in [0.1, 0.15) is 5.56 Å². The minimum absolute atomic E-state index is 0.0129. The van der Waals surface area contributed by atoms with E-state index >= 15 is 0 Å². The first-order chi connectivity index (χ1) is 8.39. The van der Waals surface area contributed by atoms with Gasteiger partial charge in [0, 0.05) is 0 Å². The van der Waals surface area contributed by atoms with Gasteiger partial charge in [-0.15, -0.1) is 0 Å². The van der Waals surface area contributed by atoms with E-state index in [2.05, 4.69) is 4.74 Å². The molecule has 1 aliphatic heterocycles. The molecule has 0 saturated carbocycles. The van der Waals surface area contributed by atoms with E-state index in [0.29, 0.717) is 5.56 Å². The van der Waals surface area contributed by atoms with Crippen molar-refractivity contribution in [3.63, 3.8) is 0 Å². The van der Waals surface area contributed by atoms with E-state index in [9.17, 15) is 13.2 Å². The molecule has 1 unspecified atom stereocenters. The van der Waals surface area contributed by atoms with Gasteiger partial charge in [-0.25, -0.2) is 13.2 Å². The van der Waals surface area contributed by atoms with Gasteiger partial charge in [-0.05, 0) is 17.7 Å². The molecule has 1 atom stereocenters. The van der Waals surface area contributed by atoms with Crippen molar-refractivity contribution in [2.24, 2.45) is 5.73 Å². The number of hydrogen-bond donors (Lipinski definition) is 1. The SMILES string of the molecule is COC(=O)C(N)C1=Cc2cccc(Cl)c2S1(=O)=O. The first kappa shape index (κ1) is 13.1. The molecule has 5 nitrogen and oxygen atoms in total. The lowest BCUT2D eigenvalue weighted by Gasteiger charge is -2.10. The second kappa shape index (κ2) is 4.38. The van der Waals surface area contributed by atoms with E-state index in [1.54, 1.807) is 12.1 Å². The predicted octanol–water partition coefficient (Wildman–Crippen LogP) is 0.968. The molecule has 2 rings (SSSR count). The van der Waals surface area contributed by atoms with E-state index in [4.69, 9.17) is 17.3 Å². The quantitative estimate of drug-likeness (QED) is 0.819. The molecule has 0 aromatic heterocycles. The fourth-order valence-corrected chi connectivity index (χ4v) is 3.97. The summed E-state index contributed by atoms with van der Waals surface area (Å²) in [6.07, 6.45) is 1.35. The summed E-state index contributed by atoms with van der Waals surface area (Å²) in [4.78, 5) is 11.1. The summed E-state index contributed by atoms with van der Waals surface area (Å²) in [5.41, 5.74) is 6.00. The molecule has 96 valence electrons. The molecule has 0 amide bonds. The molecule has 0 radical (unpaired) electrons. The normalized spacial score (nSPS) is 17.8. The zero-order valence-corrected chi connectivity index (χ0v) is 11.0. The van der Waals surface area contributed by atoms with Crippen molar-refractivity contribution in [3.05, 3.63) is 33.7 Å². The van der Waals surface area contributed by atoms with E-state index in [1.807, 2.05) is 0 Å². The molecule has 1 aliphatic rings. The topological polar surface area (TPSA) is 86.5 Å². The van der Waals surface area contributed by atoms with Crippen LogP contribution >= 0.6 is 11.6 Å². The largest absolute Gasteiger partial charge is 0.468 e. The van der Waals surface area contributed by atoms with E-state index in [0.717, 1.165) is 7.11 Å². The summed E-state index contributed by atoms with van der Waals surface area (Å²) in [6, 6.07) is 3.34. The van der Waals surface area contributed by atoms with Gasteiger partial charge >= 0.3 is 5.97 Å². The molecule has 18 heavy (non-hydrogen) atoms. The van der Waals surface area contributed by atoms with Crippen LogP contribution in [0.4, 0.5) is 0 Å². The van der Waals surface area contributed by atoms with E-state index in [1.165, 1.54) is 12.1 Å². The molecule has 0 aliphatic carbocycles. The highest BCUT2D eigenvalue weighted by Crippen LogP contribution is 2.38. The summed E-state index contributed by atoms with van der Waals surface area (Å²) in [5, 5.41) is 0.107. The van der Waals surface area contributed by atoms with Crippen LogP contribution in [0.3, 0.4) is 0 Å². The number of carbonyl (C=O) groups excluding carboxylic acids is 1. The van der Waals surface area contributed by atoms with Crippen molar-refractivity contribution in [1.29, 1.82) is 0 Å². The summed E-state index contributed by atoms with van der Waals surface area (Å²) in [6.45, 7) is 0. The lowest BCUT2D eigenvalue weighted by atomic mass is 10.2. The molecule has 2 N–H and O–H groups in total. The Hall–Kier alpha value is -1.37. The maximum absolute atomic E-state index is 12.2. The number of ether oxygens (including phenoxy) is 1. The number of halogens is 1. The van der Waals surface area contributed by atoms with Gasteiger partial charge in [-0.2, -0.15) is 0 Å². The third-order valence-corrected chi connectivity index (χ3v) is 5.05. The Labute approximate surface area is 109 Å². The van der Waals surface area contributed by atoms with Crippen molar-refractivity contribution in [2.75, 3.05) is 7.11 Å². The molecular weight excluding hydrogens is 278 g/mol. The van der Waals surface area contributed by atoms with Crippen LogP contribution in [0.2, 0.25) is 5.02 Å². The zero-order valence-electron chi connectivity index (χ0n) is 9.38. The second-order valence-corrected chi connectivity index (χ2v) is 6.00. The summed E-state index contributed by atoms with van der Waals surface area (Å²) >= 11 is 5.87. The van der Waals surface area contributed by atoms with Crippen LogP contribution in [0.25, 0.3) is 6.08 Å². The third-order valence-electron chi connectivity index (χ3n) is 2.64. The Morgan fingerprint density at radius 2 is 2.11 bits per heavy atom. The number of esters is 1. The average molecular weight is 288 g/mol. The maximum Gasteiger partial charge on any atom is 0.328 e. The van der Waals surface area contributed by atoms with Crippen molar-refractivity contribution >= 4 is 33.5 Å². The van der Waals surface area contributed by atoms with Crippen LogP contribution in [0.15, 0.2) is 28.0 Å². The molecule has 0 fully saturated rings. The van der Waals surface area contributed by atoms with Gasteiger partial charge < -0.3 is 10.5 Å². The molecule has 0 spiro atoms. The number of rotatable bonds is 2. The maximum atomic E-state index is 12.2. The molecule has 1 heterocycles. The fourth-order valence-electron chi connectivity index (χ4n) is 1.77. The molecular formula is C11H10ClNO4S. The monoisotopic (exact) mass is 287 g/mol. The van der Waals surface area contributed by atoms with Crippen LogP contribution in [-0.2, 0) is 19.4 Å². The highest BCUT2D eigenvalue weighted by molar-refractivity contribution is 7.96. The minimum atomic E-state index is -3.83. The van der Waals surface area contributed by atoms with Gasteiger partial charge in [0.05, 0.1) is 21.9 Å². The summed E-state index contributed by atoms with van der Waals surface area (Å²) in [5.74, 6) is -0.811. The van der Waals surface area contributed by atoms with Gasteiger partial charge in [0.25, 0.3) is 0 Å². The Bertz CT molecular complexity index is 651. The Morgan fingerprint density at radius 1 is 1.44 bits per heavy atom.